The Hall–Kier alpha value is -3.66. The number of nitriles is 1. The first-order chi connectivity index (χ1) is 19.0. The highest BCUT2D eigenvalue weighted by atomic mass is 16.5. The van der Waals surface area contributed by atoms with E-state index in [0.29, 0.717) is 41.8 Å². The third-order valence-electron chi connectivity index (χ3n) is 7.62. The lowest BCUT2D eigenvalue weighted by atomic mass is 9.80. The van der Waals surface area contributed by atoms with Crippen molar-refractivity contribution in [3.63, 3.8) is 0 Å². The summed E-state index contributed by atoms with van der Waals surface area (Å²) in [6, 6.07) is 13.2. The number of fused-ring (bicyclic) bond motifs is 1. The largest absolute Gasteiger partial charge is 0.490 e. The summed E-state index contributed by atoms with van der Waals surface area (Å²) in [4.78, 5) is 12.9. The number of nitrogens with two attached hydrogens (primary N) is 1. The van der Waals surface area contributed by atoms with Crippen molar-refractivity contribution in [2.75, 3.05) is 13.2 Å². The van der Waals surface area contributed by atoms with E-state index in [0.717, 1.165) is 49.1 Å². The number of carbonyl (C=O) groups is 1. The molecule has 208 valence electrons. The standard InChI is InChI=1S/C32H40N2O5/c1-4-7-8-21-9-11-22(12-10-21)32(35)38-24-14-15-25-28(19-24)39-31(34)26(20-33)30(25)23-13-16-27(37-17-5-2)29(18-23)36-6-3/h13-16,18-19,21-22,30H,4-12,17,34H2,1-3H3. The van der Waals surface area contributed by atoms with Gasteiger partial charge < -0.3 is 24.7 Å². The van der Waals surface area contributed by atoms with Gasteiger partial charge in [-0.05, 0) is 68.7 Å². The monoisotopic (exact) mass is 532 g/mol. The van der Waals surface area contributed by atoms with Gasteiger partial charge in [-0.2, -0.15) is 5.26 Å². The van der Waals surface area contributed by atoms with E-state index in [9.17, 15) is 10.1 Å². The minimum absolute atomic E-state index is 0.0353. The van der Waals surface area contributed by atoms with E-state index < -0.39 is 5.92 Å². The second-order valence-electron chi connectivity index (χ2n) is 10.4. The lowest BCUT2D eigenvalue weighted by molar-refractivity contribution is -0.140. The number of esters is 1. The zero-order valence-corrected chi connectivity index (χ0v) is 23.3. The smallest absolute Gasteiger partial charge is 0.314 e. The molecule has 2 N–H and O–H groups in total. The van der Waals surface area contributed by atoms with Crippen molar-refractivity contribution in [3.8, 4) is 29.1 Å². The highest BCUT2D eigenvalue weighted by Crippen LogP contribution is 2.45. The Labute approximate surface area is 231 Å². The molecule has 39 heavy (non-hydrogen) atoms. The van der Waals surface area contributed by atoms with E-state index in [-0.39, 0.29) is 17.8 Å². The van der Waals surface area contributed by atoms with Crippen LogP contribution < -0.4 is 24.7 Å². The Bertz CT molecular complexity index is 1220. The summed E-state index contributed by atoms with van der Waals surface area (Å²) in [5.41, 5.74) is 8.12. The molecule has 1 aliphatic heterocycles. The molecule has 0 amide bonds. The Kier molecular flexibility index (Phi) is 9.75. The van der Waals surface area contributed by atoms with Gasteiger partial charge in [0.25, 0.3) is 0 Å². The summed E-state index contributed by atoms with van der Waals surface area (Å²) in [6.45, 7) is 7.24. The van der Waals surface area contributed by atoms with Gasteiger partial charge in [-0.15, -0.1) is 0 Å². The van der Waals surface area contributed by atoms with E-state index in [1.807, 2.05) is 38.1 Å². The second kappa shape index (κ2) is 13.4. The molecule has 0 saturated heterocycles. The fourth-order valence-electron chi connectivity index (χ4n) is 5.53. The fraction of sp³-hybridized carbons (Fsp3) is 0.500. The van der Waals surface area contributed by atoms with Gasteiger partial charge in [0.2, 0.25) is 5.88 Å². The number of unbranched alkanes of at least 4 members (excludes halogenated alkanes) is 1. The molecule has 0 aromatic heterocycles. The van der Waals surface area contributed by atoms with Crippen molar-refractivity contribution in [1.82, 2.24) is 0 Å². The molecule has 0 radical (unpaired) electrons. The number of hydrogen-bond donors (Lipinski definition) is 1. The number of nitrogens with zero attached hydrogens (tertiary/aromatic N) is 1. The molecule has 1 heterocycles. The van der Waals surface area contributed by atoms with Crippen LogP contribution in [0.2, 0.25) is 0 Å². The van der Waals surface area contributed by atoms with Gasteiger partial charge in [0.15, 0.2) is 11.5 Å². The van der Waals surface area contributed by atoms with Crippen molar-refractivity contribution < 1.29 is 23.7 Å². The zero-order valence-electron chi connectivity index (χ0n) is 23.3. The molecule has 1 unspecified atom stereocenters. The van der Waals surface area contributed by atoms with Crippen LogP contribution >= 0.6 is 0 Å². The van der Waals surface area contributed by atoms with Gasteiger partial charge in [0.1, 0.15) is 23.1 Å². The molecule has 1 aliphatic carbocycles. The van der Waals surface area contributed by atoms with Crippen molar-refractivity contribution in [2.45, 2.75) is 78.1 Å². The summed E-state index contributed by atoms with van der Waals surface area (Å²) in [6.07, 6.45) is 8.51. The van der Waals surface area contributed by atoms with Crippen LogP contribution in [0.4, 0.5) is 0 Å². The predicted octanol–water partition coefficient (Wildman–Crippen LogP) is 6.99. The molecule has 2 aromatic carbocycles. The van der Waals surface area contributed by atoms with E-state index in [4.69, 9.17) is 24.7 Å². The number of carbonyl (C=O) groups excluding carboxylic acids is 1. The summed E-state index contributed by atoms with van der Waals surface area (Å²) in [5, 5.41) is 9.95. The highest BCUT2D eigenvalue weighted by Gasteiger charge is 2.32. The average Bonchev–Trinajstić information content (AvgIpc) is 2.95. The Balaban J connectivity index is 1.55. The van der Waals surface area contributed by atoms with Crippen molar-refractivity contribution in [2.24, 2.45) is 17.6 Å². The normalized spacial score (nSPS) is 20.4. The van der Waals surface area contributed by atoms with Crippen LogP contribution in [0.3, 0.4) is 0 Å². The number of allylic oxidation sites excluding steroid dienone is 1. The molecule has 1 saturated carbocycles. The molecule has 2 aromatic rings. The Morgan fingerprint density at radius 3 is 2.51 bits per heavy atom. The molecule has 7 nitrogen and oxygen atoms in total. The number of rotatable bonds is 11. The first-order valence-electron chi connectivity index (χ1n) is 14.3. The maximum atomic E-state index is 12.9. The minimum atomic E-state index is -0.457. The van der Waals surface area contributed by atoms with Crippen LogP contribution in [-0.2, 0) is 4.79 Å². The third-order valence-corrected chi connectivity index (χ3v) is 7.62. The van der Waals surface area contributed by atoms with E-state index in [1.54, 1.807) is 12.1 Å². The first-order valence-corrected chi connectivity index (χ1v) is 14.3. The third kappa shape index (κ3) is 6.68. The van der Waals surface area contributed by atoms with Gasteiger partial charge in [-0.3, -0.25) is 4.79 Å². The van der Waals surface area contributed by atoms with E-state index in [2.05, 4.69) is 13.0 Å². The molecular weight excluding hydrogens is 492 g/mol. The van der Waals surface area contributed by atoms with Gasteiger partial charge in [0, 0.05) is 11.6 Å². The van der Waals surface area contributed by atoms with Gasteiger partial charge in [-0.1, -0.05) is 45.2 Å². The summed E-state index contributed by atoms with van der Waals surface area (Å²) >= 11 is 0. The number of ether oxygens (including phenoxy) is 4. The van der Waals surface area contributed by atoms with Gasteiger partial charge in [0.05, 0.1) is 25.0 Å². The summed E-state index contributed by atoms with van der Waals surface area (Å²) in [5.74, 6) is 2.19. The van der Waals surface area contributed by atoms with Crippen LogP contribution in [0.25, 0.3) is 0 Å². The predicted molar refractivity (Wildman–Crippen MR) is 150 cm³/mol. The van der Waals surface area contributed by atoms with Crippen LogP contribution in [0.5, 0.6) is 23.0 Å². The van der Waals surface area contributed by atoms with Crippen molar-refractivity contribution >= 4 is 5.97 Å². The SMILES string of the molecule is CCCCC1CCC(C(=O)Oc2ccc3c(c2)OC(N)=C(C#N)C3c2ccc(OCCC)c(OCC)c2)CC1. The maximum absolute atomic E-state index is 12.9. The van der Waals surface area contributed by atoms with E-state index >= 15 is 0 Å². The molecule has 4 rings (SSSR count). The van der Waals surface area contributed by atoms with Gasteiger partial charge >= 0.3 is 5.97 Å². The quantitative estimate of drug-likeness (QED) is 0.245. The minimum Gasteiger partial charge on any atom is -0.490 e. The summed E-state index contributed by atoms with van der Waals surface area (Å²) < 4.78 is 23.3. The van der Waals surface area contributed by atoms with Crippen LogP contribution in [0.15, 0.2) is 47.9 Å². The molecule has 7 heteroatoms. The zero-order chi connectivity index (χ0) is 27.8. The lowest BCUT2D eigenvalue weighted by Crippen LogP contribution is -2.26. The van der Waals surface area contributed by atoms with Gasteiger partial charge in [-0.25, -0.2) is 0 Å². The van der Waals surface area contributed by atoms with Crippen LogP contribution in [0, 0.1) is 23.2 Å². The average molecular weight is 533 g/mol. The molecule has 1 fully saturated rings. The molecule has 0 spiro atoms. The Morgan fingerprint density at radius 2 is 1.82 bits per heavy atom. The Morgan fingerprint density at radius 1 is 1.03 bits per heavy atom. The highest BCUT2D eigenvalue weighted by molar-refractivity contribution is 5.75. The topological polar surface area (TPSA) is 104 Å². The first kappa shape index (κ1) is 28.4. The molecular formula is C32H40N2O5. The molecule has 1 atom stereocenters. The van der Waals surface area contributed by atoms with Crippen LogP contribution in [0.1, 0.15) is 89.2 Å². The summed E-state index contributed by atoms with van der Waals surface area (Å²) in [7, 11) is 0. The van der Waals surface area contributed by atoms with Crippen molar-refractivity contribution in [3.05, 3.63) is 59.0 Å². The number of hydrogen-bond acceptors (Lipinski definition) is 7. The number of benzene rings is 2. The molecule has 2 aliphatic rings. The fourth-order valence-corrected chi connectivity index (χ4v) is 5.53. The lowest BCUT2D eigenvalue weighted by Gasteiger charge is -2.28. The second-order valence-corrected chi connectivity index (χ2v) is 10.4. The van der Waals surface area contributed by atoms with Crippen molar-refractivity contribution in [1.29, 1.82) is 5.26 Å². The van der Waals surface area contributed by atoms with Crippen LogP contribution in [-0.4, -0.2) is 19.2 Å². The molecule has 0 bridgehead atoms. The maximum Gasteiger partial charge on any atom is 0.314 e. The van der Waals surface area contributed by atoms with E-state index in [1.165, 1.54) is 19.3 Å².